The molecule has 0 aliphatic carbocycles. The van der Waals surface area contributed by atoms with Crippen molar-refractivity contribution in [3.05, 3.63) is 42.5 Å². The molecule has 5 heteroatoms. The number of aromatic nitrogens is 2. The molecule has 0 saturated carbocycles. The van der Waals surface area contributed by atoms with Gasteiger partial charge in [-0.25, -0.2) is 4.39 Å². The van der Waals surface area contributed by atoms with Crippen molar-refractivity contribution in [2.24, 2.45) is 0 Å². The summed E-state index contributed by atoms with van der Waals surface area (Å²) in [6.07, 6.45) is 5.81. The van der Waals surface area contributed by atoms with E-state index in [1.807, 2.05) is 10.9 Å². The van der Waals surface area contributed by atoms with Gasteiger partial charge < -0.3 is 10.1 Å². The molecular formula is C14H16FN3O. The minimum absolute atomic E-state index is 0.304. The van der Waals surface area contributed by atoms with Crippen molar-refractivity contribution in [3.63, 3.8) is 0 Å². The molecule has 2 aromatic rings. The van der Waals surface area contributed by atoms with Crippen LogP contribution in [0.4, 0.5) is 4.39 Å². The van der Waals surface area contributed by atoms with Gasteiger partial charge in [-0.05, 0) is 31.5 Å². The number of nitrogens with zero attached hydrogens (tertiary/aromatic N) is 2. The molecule has 19 heavy (non-hydrogen) atoms. The van der Waals surface area contributed by atoms with Crippen LogP contribution in [0.5, 0.6) is 11.5 Å². The van der Waals surface area contributed by atoms with E-state index in [1.54, 1.807) is 18.3 Å². The van der Waals surface area contributed by atoms with Gasteiger partial charge in [-0.3, -0.25) is 4.68 Å². The van der Waals surface area contributed by atoms with Gasteiger partial charge in [0.25, 0.3) is 0 Å². The number of ether oxygens (including phenoxy) is 1. The molecule has 0 amide bonds. The molecule has 1 aliphatic rings. The van der Waals surface area contributed by atoms with Crippen molar-refractivity contribution in [1.29, 1.82) is 0 Å². The summed E-state index contributed by atoms with van der Waals surface area (Å²) in [5, 5.41) is 7.66. The maximum absolute atomic E-state index is 13.1. The molecule has 1 N–H and O–H groups in total. The van der Waals surface area contributed by atoms with Gasteiger partial charge >= 0.3 is 0 Å². The summed E-state index contributed by atoms with van der Waals surface area (Å²) < 4.78 is 20.6. The normalized spacial score (nSPS) is 19.3. The van der Waals surface area contributed by atoms with Crippen LogP contribution in [0, 0.1) is 5.82 Å². The molecule has 0 bridgehead atoms. The minimum atomic E-state index is -0.304. The largest absolute Gasteiger partial charge is 0.454 e. The Bertz CT molecular complexity index is 549. The van der Waals surface area contributed by atoms with E-state index in [9.17, 15) is 4.39 Å². The third-order valence-corrected chi connectivity index (χ3v) is 3.25. The summed E-state index contributed by atoms with van der Waals surface area (Å²) in [6.45, 7) is 2.01. The van der Waals surface area contributed by atoms with E-state index in [1.165, 1.54) is 12.1 Å². The number of rotatable bonds is 3. The molecule has 2 heterocycles. The molecule has 1 saturated heterocycles. The zero-order valence-electron chi connectivity index (χ0n) is 10.6. The maximum atomic E-state index is 13.1. The molecule has 1 fully saturated rings. The van der Waals surface area contributed by atoms with Gasteiger partial charge in [0, 0.05) is 12.6 Å². The summed E-state index contributed by atoms with van der Waals surface area (Å²) in [6, 6.07) is 6.48. The van der Waals surface area contributed by atoms with Gasteiger partial charge in [-0.15, -0.1) is 0 Å². The van der Waals surface area contributed by atoms with Gasteiger partial charge in [-0.1, -0.05) is 6.07 Å². The highest BCUT2D eigenvalue weighted by Crippen LogP contribution is 2.24. The molecule has 1 atom stereocenters. The predicted octanol–water partition coefficient (Wildman–Crippen LogP) is 2.74. The first kappa shape index (κ1) is 12.2. The number of piperidine rings is 1. The molecule has 1 aliphatic heterocycles. The summed E-state index contributed by atoms with van der Waals surface area (Å²) >= 11 is 0. The van der Waals surface area contributed by atoms with Crippen molar-refractivity contribution in [2.45, 2.75) is 18.9 Å². The van der Waals surface area contributed by atoms with Crippen LogP contribution in [-0.4, -0.2) is 22.9 Å². The lowest BCUT2D eigenvalue weighted by Crippen LogP contribution is -2.31. The minimum Gasteiger partial charge on any atom is -0.454 e. The quantitative estimate of drug-likeness (QED) is 0.923. The zero-order chi connectivity index (χ0) is 13.1. The SMILES string of the molecule is Fc1cccc(Oc2cnn(C3CCCNC3)c2)c1. The number of hydrogen-bond donors (Lipinski definition) is 1. The van der Waals surface area contributed by atoms with Crippen molar-refractivity contribution in [1.82, 2.24) is 15.1 Å². The monoisotopic (exact) mass is 261 g/mol. The van der Waals surface area contributed by atoms with Crippen molar-refractivity contribution in [2.75, 3.05) is 13.1 Å². The lowest BCUT2D eigenvalue weighted by Gasteiger charge is -2.22. The van der Waals surface area contributed by atoms with Crippen LogP contribution >= 0.6 is 0 Å². The summed E-state index contributed by atoms with van der Waals surface area (Å²) in [7, 11) is 0. The molecule has 1 unspecified atom stereocenters. The van der Waals surface area contributed by atoms with Crippen LogP contribution in [0.3, 0.4) is 0 Å². The molecule has 1 aromatic heterocycles. The number of benzene rings is 1. The Labute approximate surface area is 111 Å². The fourth-order valence-corrected chi connectivity index (χ4v) is 2.30. The summed E-state index contributed by atoms with van der Waals surface area (Å²) in [4.78, 5) is 0. The average Bonchev–Trinajstić information content (AvgIpc) is 2.88. The van der Waals surface area contributed by atoms with Gasteiger partial charge in [0.05, 0.1) is 18.4 Å². The van der Waals surface area contributed by atoms with E-state index in [0.717, 1.165) is 25.9 Å². The van der Waals surface area contributed by atoms with E-state index < -0.39 is 0 Å². The molecule has 0 spiro atoms. The Morgan fingerprint density at radius 1 is 1.37 bits per heavy atom. The van der Waals surface area contributed by atoms with Crippen LogP contribution in [0.25, 0.3) is 0 Å². The van der Waals surface area contributed by atoms with E-state index in [4.69, 9.17) is 4.74 Å². The predicted molar refractivity (Wildman–Crippen MR) is 69.8 cm³/mol. The van der Waals surface area contributed by atoms with Crippen LogP contribution in [-0.2, 0) is 0 Å². The highest BCUT2D eigenvalue weighted by atomic mass is 19.1. The number of hydrogen-bond acceptors (Lipinski definition) is 3. The molecule has 100 valence electrons. The Balaban J connectivity index is 1.70. The Morgan fingerprint density at radius 2 is 2.32 bits per heavy atom. The third kappa shape index (κ3) is 2.93. The number of nitrogens with one attached hydrogen (secondary N) is 1. The van der Waals surface area contributed by atoms with Crippen molar-refractivity contribution >= 4 is 0 Å². The Morgan fingerprint density at radius 3 is 3.11 bits per heavy atom. The summed E-state index contributed by atoms with van der Waals surface area (Å²) in [5.74, 6) is 0.818. The highest BCUT2D eigenvalue weighted by molar-refractivity contribution is 5.28. The van der Waals surface area contributed by atoms with Crippen LogP contribution in [0.1, 0.15) is 18.9 Å². The van der Waals surface area contributed by atoms with E-state index >= 15 is 0 Å². The van der Waals surface area contributed by atoms with Crippen LogP contribution < -0.4 is 10.1 Å². The van der Waals surface area contributed by atoms with E-state index in [-0.39, 0.29) is 5.82 Å². The standard InChI is InChI=1S/C14H16FN3O/c15-11-3-1-5-13(7-11)19-14-9-17-18(10-14)12-4-2-6-16-8-12/h1,3,5,7,9-10,12,16H,2,4,6,8H2. The van der Waals surface area contributed by atoms with Gasteiger partial charge in [-0.2, -0.15) is 5.10 Å². The van der Waals surface area contributed by atoms with Crippen LogP contribution in [0.2, 0.25) is 0 Å². The van der Waals surface area contributed by atoms with E-state index in [2.05, 4.69) is 10.4 Å². The second-order valence-corrected chi connectivity index (χ2v) is 4.72. The second-order valence-electron chi connectivity index (χ2n) is 4.72. The molecule has 3 rings (SSSR count). The lowest BCUT2D eigenvalue weighted by atomic mass is 10.1. The summed E-state index contributed by atoms with van der Waals surface area (Å²) in [5.41, 5.74) is 0. The Hall–Kier alpha value is -1.88. The fourth-order valence-electron chi connectivity index (χ4n) is 2.30. The van der Waals surface area contributed by atoms with Crippen molar-refractivity contribution in [3.8, 4) is 11.5 Å². The fraction of sp³-hybridized carbons (Fsp3) is 0.357. The first-order valence-electron chi connectivity index (χ1n) is 6.49. The highest BCUT2D eigenvalue weighted by Gasteiger charge is 2.16. The molecule has 4 nitrogen and oxygen atoms in total. The topological polar surface area (TPSA) is 39.1 Å². The van der Waals surface area contributed by atoms with Gasteiger partial charge in [0.1, 0.15) is 11.6 Å². The average molecular weight is 261 g/mol. The van der Waals surface area contributed by atoms with Crippen LogP contribution in [0.15, 0.2) is 36.7 Å². The maximum Gasteiger partial charge on any atom is 0.165 e. The first-order chi connectivity index (χ1) is 9.31. The lowest BCUT2D eigenvalue weighted by molar-refractivity contribution is 0.345. The first-order valence-corrected chi connectivity index (χ1v) is 6.49. The third-order valence-electron chi connectivity index (χ3n) is 3.25. The van der Waals surface area contributed by atoms with Gasteiger partial charge in [0.15, 0.2) is 5.75 Å². The number of halogens is 1. The van der Waals surface area contributed by atoms with Gasteiger partial charge in [0.2, 0.25) is 0 Å². The zero-order valence-corrected chi connectivity index (χ0v) is 10.6. The van der Waals surface area contributed by atoms with Crippen molar-refractivity contribution < 1.29 is 9.13 Å². The second kappa shape index (κ2) is 5.40. The Kier molecular flexibility index (Phi) is 3.46. The molecule has 1 aromatic carbocycles. The van der Waals surface area contributed by atoms with E-state index in [0.29, 0.717) is 17.5 Å². The molecular weight excluding hydrogens is 245 g/mol. The smallest absolute Gasteiger partial charge is 0.165 e. The molecule has 0 radical (unpaired) electrons.